The van der Waals surface area contributed by atoms with Crippen molar-refractivity contribution < 1.29 is 33.0 Å². The monoisotopic (exact) mass is 428 g/mol. The highest BCUT2D eigenvalue weighted by Gasteiger charge is 2.45. The van der Waals surface area contributed by atoms with E-state index in [1.165, 1.54) is 12.0 Å². The Labute approximate surface area is 170 Å². The number of piperidine rings is 1. The Morgan fingerprint density at radius 1 is 1.17 bits per heavy atom. The van der Waals surface area contributed by atoms with Crippen LogP contribution in [0.1, 0.15) is 37.0 Å². The number of nitrogens with one attached hydrogen (secondary N) is 1. The number of hydrogen-bond acceptors (Lipinski definition) is 7. The van der Waals surface area contributed by atoms with Crippen LogP contribution in [0.3, 0.4) is 0 Å². The molecule has 0 aliphatic carbocycles. The first-order valence-corrected chi connectivity index (χ1v) is 11.3. The van der Waals surface area contributed by atoms with E-state index in [0.717, 1.165) is 0 Å². The molecule has 1 aromatic rings. The molecule has 1 fully saturated rings. The van der Waals surface area contributed by atoms with E-state index in [2.05, 4.69) is 5.32 Å². The van der Waals surface area contributed by atoms with Crippen LogP contribution >= 0.6 is 7.60 Å². The van der Waals surface area contributed by atoms with Gasteiger partial charge in [0.05, 0.1) is 26.4 Å². The molecule has 162 valence electrons. The summed E-state index contributed by atoms with van der Waals surface area (Å²) in [6.07, 6.45) is 0.355. The summed E-state index contributed by atoms with van der Waals surface area (Å²) in [4.78, 5) is 27.4. The Kier molecular flexibility index (Phi) is 8.64. The number of hydrogen-bond donors (Lipinski definition) is 2. The number of methoxy groups -OCH3 is 1. The molecule has 1 unspecified atom stereocenters. The van der Waals surface area contributed by atoms with Crippen LogP contribution in [0.15, 0.2) is 24.3 Å². The van der Waals surface area contributed by atoms with Crippen molar-refractivity contribution in [3.8, 4) is 5.75 Å². The smallest absolute Gasteiger partial charge is 0.362 e. The third kappa shape index (κ3) is 6.02. The van der Waals surface area contributed by atoms with Crippen LogP contribution in [0.4, 0.5) is 0 Å². The zero-order valence-corrected chi connectivity index (χ0v) is 17.9. The molecule has 1 atom stereocenters. The number of carbonyl (C=O) groups excluding carboxylic acids is 2. The van der Waals surface area contributed by atoms with Crippen molar-refractivity contribution in [2.75, 3.05) is 33.4 Å². The fourth-order valence-corrected chi connectivity index (χ4v) is 4.83. The lowest BCUT2D eigenvalue weighted by atomic mass is 10.1. The number of benzene rings is 1. The second-order valence-corrected chi connectivity index (χ2v) is 8.65. The molecular formula is C19H29N2O7P. The maximum atomic E-state index is 13.4. The van der Waals surface area contributed by atoms with E-state index < -0.39 is 31.3 Å². The average Bonchev–Trinajstić information content (AvgIpc) is 2.72. The number of amides is 2. The molecule has 0 saturated carbocycles. The molecule has 2 N–H and O–H groups in total. The minimum Gasteiger partial charge on any atom is -0.497 e. The molecule has 1 aromatic carbocycles. The van der Waals surface area contributed by atoms with Gasteiger partial charge in [0, 0.05) is 18.7 Å². The summed E-state index contributed by atoms with van der Waals surface area (Å²) in [5, 5.41) is 12.2. The lowest BCUT2D eigenvalue weighted by Crippen LogP contribution is -2.51. The number of aliphatic hydroxyl groups excluding tert-OH is 1. The van der Waals surface area contributed by atoms with Crippen molar-refractivity contribution in [1.82, 2.24) is 10.2 Å². The van der Waals surface area contributed by atoms with Crippen molar-refractivity contribution >= 4 is 19.4 Å². The number of likely N-dealkylation sites (tertiary alicyclic amines) is 1. The molecule has 1 saturated heterocycles. The fourth-order valence-electron chi connectivity index (χ4n) is 3.03. The molecule has 1 aliphatic rings. The Bertz CT molecular complexity index is 723. The number of nitrogens with zero attached hydrogens (tertiary/aromatic N) is 1. The molecule has 10 heteroatoms. The first-order chi connectivity index (χ1) is 13.8. The highest BCUT2D eigenvalue weighted by Crippen LogP contribution is 2.52. The quantitative estimate of drug-likeness (QED) is 0.578. The summed E-state index contributed by atoms with van der Waals surface area (Å²) in [7, 11) is -2.45. The molecule has 2 amide bonds. The lowest BCUT2D eigenvalue weighted by Gasteiger charge is -2.34. The summed E-state index contributed by atoms with van der Waals surface area (Å²) in [6.45, 7) is 3.97. The van der Waals surface area contributed by atoms with Gasteiger partial charge >= 0.3 is 7.60 Å². The third-order valence-electron chi connectivity index (χ3n) is 4.56. The summed E-state index contributed by atoms with van der Waals surface area (Å²) < 4.78 is 29.1. The number of ether oxygens (including phenoxy) is 1. The zero-order valence-electron chi connectivity index (χ0n) is 17.0. The SMILES string of the molecule is CCOP(=O)(OCC)C(NC(=O)c1ccc(OC)cc1)C(=O)N1CCC(O)CC1. The topological polar surface area (TPSA) is 114 Å². The Morgan fingerprint density at radius 3 is 2.21 bits per heavy atom. The normalized spacial score (nSPS) is 16.3. The average molecular weight is 428 g/mol. The van der Waals surface area contributed by atoms with Crippen molar-refractivity contribution in [2.24, 2.45) is 0 Å². The maximum absolute atomic E-state index is 13.4. The summed E-state index contributed by atoms with van der Waals surface area (Å²) in [6, 6.07) is 6.31. The van der Waals surface area contributed by atoms with Gasteiger partial charge in [0.15, 0.2) is 0 Å². The summed E-state index contributed by atoms with van der Waals surface area (Å²) >= 11 is 0. The first kappa shape index (κ1) is 23.3. The van der Waals surface area contributed by atoms with E-state index in [0.29, 0.717) is 31.7 Å². The number of aliphatic hydroxyl groups is 1. The molecule has 9 nitrogen and oxygen atoms in total. The molecule has 0 spiro atoms. The van der Waals surface area contributed by atoms with Crippen LogP contribution in [0.2, 0.25) is 0 Å². The minimum atomic E-state index is -3.97. The van der Waals surface area contributed by atoms with E-state index in [1.807, 2.05) is 0 Å². The Hall–Kier alpha value is -1.93. The maximum Gasteiger partial charge on any atom is 0.362 e. The van der Waals surface area contributed by atoms with E-state index >= 15 is 0 Å². The van der Waals surface area contributed by atoms with Crippen molar-refractivity contribution in [1.29, 1.82) is 0 Å². The molecule has 2 rings (SSSR count). The summed E-state index contributed by atoms with van der Waals surface area (Å²) in [5.74, 6) is -2.03. The summed E-state index contributed by atoms with van der Waals surface area (Å²) in [5.41, 5.74) is 0.275. The van der Waals surface area contributed by atoms with Gasteiger partial charge in [0.1, 0.15) is 5.75 Å². The predicted octanol–water partition coefficient (Wildman–Crippen LogP) is 2.00. The van der Waals surface area contributed by atoms with E-state index in [9.17, 15) is 19.3 Å². The van der Waals surface area contributed by atoms with Gasteiger partial charge in [0.2, 0.25) is 5.78 Å². The van der Waals surface area contributed by atoms with E-state index in [-0.39, 0.29) is 18.8 Å². The molecule has 0 aromatic heterocycles. The lowest BCUT2D eigenvalue weighted by molar-refractivity contribution is -0.133. The number of carbonyl (C=O) groups is 2. The molecule has 1 aliphatic heterocycles. The van der Waals surface area contributed by atoms with E-state index in [4.69, 9.17) is 13.8 Å². The second-order valence-electron chi connectivity index (χ2n) is 6.54. The second kappa shape index (κ2) is 10.7. The molecule has 29 heavy (non-hydrogen) atoms. The van der Waals surface area contributed by atoms with Crippen LogP contribution in [0.5, 0.6) is 5.75 Å². The van der Waals surface area contributed by atoms with Gasteiger partial charge in [-0.2, -0.15) is 0 Å². The van der Waals surface area contributed by atoms with Crippen LogP contribution in [0, 0.1) is 0 Å². The van der Waals surface area contributed by atoms with Gasteiger partial charge in [-0.15, -0.1) is 0 Å². The Balaban J connectivity index is 2.28. The van der Waals surface area contributed by atoms with Gasteiger partial charge in [-0.05, 0) is 51.0 Å². The van der Waals surface area contributed by atoms with Crippen LogP contribution in [-0.4, -0.2) is 67.1 Å². The predicted molar refractivity (Wildman–Crippen MR) is 107 cm³/mol. The first-order valence-electron chi connectivity index (χ1n) is 9.65. The van der Waals surface area contributed by atoms with Crippen molar-refractivity contribution in [3.63, 3.8) is 0 Å². The zero-order chi connectivity index (χ0) is 21.4. The third-order valence-corrected chi connectivity index (χ3v) is 6.78. The van der Waals surface area contributed by atoms with Crippen LogP contribution in [0.25, 0.3) is 0 Å². The fraction of sp³-hybridized carbons (Fsp3) is 0.579. The molecule has 0 bridgehead atoms. The number of rotatable bonds is 9. The van der Waals surface area contributed by atoms with Gasteiger partial charge in [-0.25, -0.2) is 0 Å². The minimum absolute atomic E-state index is 0.0537. The van der Waals surface area contributed by atoms with E-state index in [1.54, 1.807) is 38.1 Å². The van der Waals surface area contributed by atoms with Crippen LogP contribution < -0.4 is 10.1 Å². The van der Waals surface area contributed by atoms with Gasteiger partial charge in [0.25, 0.3) is 11.8 Å². The highest BCUT2D eigenvalue weighted by molar-refractivity contribution is 7.55. The highest BCUT2D eigenvalue weighted by atomic mass is 31.2. The van der Waals surface area contributed by atoms with Crippen molar-refractivity contribution in [3.05, 3.63) is 29.8 Å². The largest absolute Gasteiger partial charge is 0.497 e. The molecule has 1 heterocycles. The molecule has 0 radical (unpaired) electrons. The van der Waals surface area contributed by atoms with Gasteiger partial charge in [-0.1, -0.05) is 0 Å². The van der Waals surface area contributed by atoms with Crippen LogP contribution in [-0.2, 0) is 18.4 Å². The van der Waals surface area contributed by atoms with Gasteiger partial charge in [-0.3, -0.25) is 14.2 Å². The standard InChI is InChI=1S/C19H29N2O7P/c1-4-27-29(25,28-5-2)18(19(24)21-12-10-15(22)11-13-21)20-17(23)14-6-8-16(26-3)9-7-14/h6-9,15,18,22H,4-5,10-13H2,1-3H3,(H,20,23). The molecular weight excluding hydrogens is 399 g/mol. The van der Waals surface area contributed by atoms with Crippen molar-refractivity contribution in [2.45, 2.75) is 38.6 Å². The van der Waals surface area contributed by atoms with Gasteiger partial charge < -0.3 is 29.1 Å². The Morgan fingerprint density at radius 2 is 1.72 bits per heavy atom.